The normalized spacial score (nSPS) is 11.4. The van der Waals surface area contributed by atoms with Gasteiger partial charge in [-0.15, -0.1) is 0 Å². The van der Waals surface area contributed by atoms with Crippen LogP contribution in [0.3, 0.4) is 0 Å². The Labute approximate surface area is 94.3 Å². The Kier molecular flexibility index (Phi) is 2.60. The molecule has 2 rings (SSSR count). The van der Waals surface area contributed by atoms with Crippen molar-refractivity contribution in [2.45, 2.75) is 26.2 Å². The van der Waals surface area contributed by atoms with E-state index < -0.39 is 0 Å². The van der Waals surface area contributed by atoms with Crippen LogP contribution in [-0.4, -0.2) is 20.2 Å². The second-order valence-corrected chi connectivity index (χ2v) is 4.64. The van der Waals surface area contributed by atoms with Crippen molar-refractivity contribution in [2.24, 2.45) is 0 Å². The highest BCUT2D eigenvalue weighted by atomic mass is 15.2. The van der Waals surface area contributed by atoms with E-state index in [9.17, 15) is 0 Å². The molecule has 0 aromatic carbocycles. The molecule has 0 bridgehead atoms. The average Bonchev–Trinajstić information content (AvgIpc) is 2.67. The van der Waals surface area contributed by atoms with Gasteiger partial charge in [-0.05, 0) is 6.07 Å². The van der Waals surface area contributed by atoms with Crippen molar-refractivity contribution >= 4 is 11.6 Å². The molecule has 0 fully saturated rings. The number of nitrogens with one attached hydrogen (secondary N) is 2. The minimum Gasteiger partial charge on any atom is -0.323 e. The number of hydrogen-bond donors (Lipinski definition) is 2. The van der Waals surface area contributed by atoms with Gasteiger partial charge < -0.3 is 5.32 Å². The van der Waals surface area contributed by atoms with Crippen LogP contribution in [0.15, 0.2) is 24.7 Å². The van der Waals surface area contributed by atoms with E-state index >= 15 is 0 Å². The van der Waals surface area contributed by atoms with Gasteiger partial charge in [0.1, 0.15) is 12.1 Å². The largest absolute Gasteiger partial charge is 0.323 e. The zero-order valence-corrected chi connectivity index (χ0v) is 9.65. The molecule has 0 aliphatic heterocycles. The molecular weight excluding hydrogens is 202 g/mol. The Morgan fingerprint density at radius 2 is 2.06 bits per heavy atom. The van der Waals surface area contributed by atoms with Crippen LogP contribution in [0.4, 0.5) is 11.6 Å². The second kappa shape index (κ2) is 3.92. The Morgan fingerprint density at radius 1 is 1.25 bits per heavy atom. The molecular formula is C11H15N5. The maximum absolute atomic E-state index is 4.18. The molecule has 0 amide bonds. The van der Waals surface area contributed by atoms with Crippen LogP contribution in [-0.2, 0) is 5.41 Å². The molecule has 0 aliphatic rings. The zero-order valence-electron chi connectivity index (χ0n) is 9.65. The quantitative estimate of drug-likeness (QED) is 0.809. The van der Waals surface area contributed by atoms with E-state index in [0.717, 1.165) is 17.3 Å². The first-order valence-electron chi connectivity index (χ1n) is 5.14. The van der Waals surface area contributed by atoms with E-state index in [1.807, 2.05) is 6.07 Å². The third kappa shape index (κ3) is 2.36. The first kappa shape index (κ1) is 10.6. The molecule has 0 spiro atoms. The van der Waals surface area contributed by atoms with E-state index in [1.54, 1.807) is 12.3 Å². The van der Waals surface area contributed by atoms with Crippen molar-refractivity contribution in [3.8, 4) is 0 Å². The average molecular weight is 217 g/mol. The molecule has 0 unspecified atom stereocenters. The summed E-state index contributed by atoms with van der Waals surface area (Å²) in [5, 5.41) is 10.3. The third-order valence-electron chi connectivity index (χ3n) is 2.22. The highest BCUT2D eigenvalue weighted by molar-refractivity contribution is 5.51. The van der Waals surface area contributed by atoms with Gasteiger partial charge in [-0.3, -0.25) is 5.10 Å². The smallest absolute Gasteiger partial charge is 0.153 e. The lowest BCUT2D eigenvalue weighted by atomic mass is 9.92. The summed E-state index contributed by atoms with van der Waals surface area (Å²) in [5.41, 5.74) is 1.16. The number of aromatic nitrogens is 4. The summed E-state index contributed by atoms with van der Waals surface area (Å²) in [5.74, 6) is 1.51. The van der Waals surface area contributed by atoms with Crippen LogP contribution in [0.5, 0.6) is 0 Å². The summed E-state index contributed by atoms with van der Waals surface area (Å²) in [6.07, 6.45) is 3.19. The van der Waals surface area contributed by atoms with E-state index in [-0.39, 0.29) is 5.41 Å². The lowest BCUT2D eigenvalue weighted by Crippen LogP contribution is -2.11. The SMILES string of the molecule is CC(C)(C)c1cc(Nc2ccncn2)n[nH]1. The summed E-state index contributed by atoms with van der Waals surface area (Å²) in [6.45, 7) is 6.40. The van der Waals surface area contributed by atoms with E-state index in [1.165, 1.54) is 6.33 Å². The lowest BCUT2D eigenvalue weighted by molar-refractivity contribution is 0.567. The molecule has 0 aliphatic carbocycles. The van der Waals surface area contributed by atoms with Crippen LogP contribution in [0.25, 0.3) is 0 Å². The first-order chi connectivity index (χ1) is 7.55. The monoisotopic (exact) mass is 217 g/mol. The van der Waals surface area contributed by atoms with E-state index in [0.29, 0.717) is 0 Å². The second-order valence-electron chi connectivity index (χ2n) is 4.64. The van der Waals surface area contributed by atoms with Gasteiger partial charge in [0.2, 0.25) is 0 Å². The van der Waals surface area contributed by atoms with Crippen molar-refractivity contribution in [3.05, 3.63) is 30.4 Å². The van der Waals surface area contributed by atoms with Crippen LogP contribution >= 0.6 is 0 Å². The summed E-state index contributed by atoms with van der Waals surface area (Å²) < 4.78 is 0. The van der Waals surface area contributed by atoms with Gasteiger partial charge in [-0.25, -0.2) is 9.97 Å². The number of rotatable bonds is 2. The summed E-state index contributed by atoms with van der Waals surface area (Å²) in [4.78, 5) is 7.92. The Balaban J connectivity index is 2.15. The van der Waals surface area contributed by atoms with Crippen LogP contribution in [0, 0.1) is 0 Å². The van der Waals surface area contributed by atoms with Crippen LogP contribution < -0.4 is 5.32 Å². The fraction of sp³-hybridized carbons (Fsp3) is 0.364. The minimum atomic E-state index is 0.0681. The molecule has 16 heavy (non-hydrogen) atoms. The van der Waals surface area contributed by atoms with Gasteiger partial charge in [0.05, 0.1) is 0 Å². The number of nitrogens with zero attached hydrogens (tertiary/aromatic N) is 3. The highest BCUT2D eigenvalue weighted by Crippen LogP contribution is 2.22. The van der Waals surface area contributed by atoms with Crippen LogP contribution in [0.2, 0.25) is 0 Å². The van der Waals surface area contributed by atoms with E-state index in [2.05, 4.69) is 46.3 Å². The predicted molar refractivity (Wildman–Crippen MR) is 62.6 cm³/mol. The van der Waals surface area contributed by atoms with Gasteiger partial charge in [-0.2, -0.15) is 5.10 Å². The number of aromatic amines is 1. The molecule has 0 saturated carbocycles. The van der Waals surface area contributed by atoms with Crippen molar-refractivity contribution in [1.29, 1.82) is 0 Å². The topological polar surface area (TPSA) is 66.5 Å². The summed E-state index contributed by atoms with van der Waals surface area (Å²) in [7, 11) is 0. The van der Waals surface area contributed by atoms with Gasteiger partial charge in [0.25, 0.3) is 0 Å². The zero-order chi connectivity index (χ0) is 11.6. The first-order valence-corrected chi connectivity index (χ1v) is 5.14. The summed E-state index contributed by atoms with van der Waals surface area (Å²) in [6, 6.07) is 3.79. The van der Waals surface area contributed by atoms with E-state index in [4.69, 9.17) is 0 Å². The molecule has 2 N–H and O–H groups in total. The molecule has 0 saturated heterocycles. The van der Waals surface area contributed by atoms with Crippen molar-refractivity contribution in [1.82, 2.24) is 20.2 Å². The van der Waals surface area contributed by atoms with Gasteiger partial charge in [0, 0.05) is 23.4 Å². The number of anilines is 2. The fourth-order valence-electron chi connectivity index (χ4n) is 1.27. The third-order valence-corrected chi connectivity index (χ3v) is 2.22. The fourth-order valence-corrected chi connectivity index (χ4v) is 1.27. The van der Waals surface area contributed by atoms with Crippen LogP contribution in [0.1, 0.15) is 26.5 Å². The maximum atomic E-state index is 4.18. The highest BCUT2D eigenvalue weighted by Gasteiger charge is 2.16. The standard InChI is InChI=1S/C11H15N5/c1-11(2,3)8-6-10(16-15-8)14-9-4-5-12-7-13-9/h4-7H,1-3H3,(H2,12,13,14,15,16). The van der Waals surface area contributed by atoms with Gasteiger partial charge in [-0.1, -0.05) is 20.8 Å². The predicted octanol–water partition coefficient (Wildman–Crippen LogP) is 2.24. The molecule has 5 heteroatoms. The summed E-state index contributed by atoms with van der Waals surface area (Å²) >= 11 is 0. The molecule has 5 nitrogen and oxygen atoms in total. The maximum Gasteiger partial charge on any atom is 0.153 e. The number of H-pyrrole nitrogens is 1. The Hall–Kier alpha value is -1.91. The van der Waals surface area contributed by atoms with Gasteiger partial charge in [0.15, 0.2) is 5.82 Å². The molecule has 2 aromatic heterocycles. The molecule has 2 heterocycles. The Bertz CT molecular complexity index is 455. The van der Waals surface area contributed by atoms with Crippen molar-refractivity contribution < 1.29 is 0 Å². The molecule has 2 aromatic rings. The van der Waals surface area contributed by atoms with Crippen molar-refractivity contribution in [3.63, 3.8) is 0 Å². The number of hydrogen-bond acceptors (Lipinski definition) is 4. The minimum absolute atomic E-state index is 0.0681. The van der Waals surface area contributed by atoms with Crippen molar-refractivity contribution in [2.75, 3.05) is 5.32 Å². The molecule has 84 valence electrons. The van der Waals surface area contributed by atoms with Gasteiger partial charge >= 0.3 is 0 Å². The molecule has 0 atom stereocenters. The Morgan fingerprint density at radius 3 is 2.62 bits per heavy atom. The lowest BCUT2D eigenvalue weighted by Gasteiger charge is -2.14. The molecule has 0 radical (unpaired) electrons.